The van der Waals surface area contributed by atoms with Gasteiger partial charge in [-0.3, -0.25) is 4.79 Å². The third-order valence-electron chi connectivity index (χ3n) is 4.19. The van der Waals surface area contributed by atoms with Crippen LogP contribution in [0.4, 0.5) is 0 Å². The summed E-state index contributed by atoms with van der Waals surface area (Å²) in [6.45, 7) is 1.52. The first-order valence-electron chi connectivity index (χ1n) is 7.79. The number of benzene rings is 2. The minimum absolute atomic E-state index is 0.0219. The van der Waals surface area contributed by atoms with E-state index < -0.39 is 0 Å². The molecule has 0 saturated carbocycles. The maximum absolute atomic E-state index is 12.0. The Bertz CT molecular complexity index is 700. The van der Waals surface area contributed by atoms with Crippen LogP contribution in [0.15, 0.2) is 36.4 Å². The van der Waals surface area contributed by atoms with Crippen molar-refractivity contribution >= 4 is 16.7 Å². The van der Waals surface area contributed by atoms with Crippen molar-refractivity contribution in [1.82, 2.24) is 4.90 Å². The quantitative estimate of drug-likeness (QED) is 0.939. The van der Waals surface area contributed by atoms with E-state index in [9.17, 15) is 4.79 Å². The van der Waals surface area contributed by atoms with Gasteiger partial charge in [0.05, 0.1) is 26.9 Å². The van der Waals surface area contributed by atoms with E-state index in [0.29, 0.717) is 19.7 Å². The molecule has 0 aromatic heterocycles. The summed E-state index contributed by atoms with van der Waals surface area (Å²) < 4.78 is 11.1. The molecule has 2 aromatic carbocycles. The van der Waals surface area contributed by atoms with E-state index in [-0.39, 0.29) is 25.0 Å². The Morgan fingerprint density at radius 2 is 2.09 bits per heavy atom. The molecule has 2 aromatic rings. The van der Waals surface area contributed by atoms with Crippen LogP contribution in [0.2, 0.25) is 0 Å². The fourth-order valence-electron chi connectivity index (χ4n) is 2.90. The van der Waals surface area contributed by atoms with Crippen LogP contribution in [0.3, 0.4) is 0 Å². The van der Waals surface area contributed by atoms with Crippen LogP contribution in [0.5, 0.6) is 5.75 Å². The number of fused-ring (bicyclic) bond motifs is 1. The molecule has 0 bridgehead atoms. The van der Waals surface area contributed by atoms with Gasteiger partial charge in [0.2, 0.25) is 5.91 Å². The molecule has 1 saturated heterocycles. The summed E-state index contributed by atoms with van der Waals surface area (Å²) in [5.74, 6) is 0.811. The van der Waals surface area contributed by atoms with Crippen LogP contribution in [0.1, 0.15) is 18.1 Å². The van der Waals surface area contributed by atoms with Gasteiger partial charge in [0.1, 0.15) is 11.9 Å². The van der Waals surface area contributed by atoms with Crippen molar-refractivity contribution in [3.05, 3.63) is 42.0 Å². The number of ether oxygens (including phenoxy) is 2. The lowest BCUT2D eigenvalue weighted by molar-refractivity contribution is -0.139. The number of amides is 1. The van der Waals surface area contributed by atoms with Crippen LogP contribution < -0.4 is 4.74 Å². The number of aliphatic hydroxyl groups excluding tert-OH is 1. The Balaban J connectivity index is 1.80. The van der Waals surface area contributed by atoms with Crippen LogP contribution in [0, 0.1) is 0 Å². The molecule has 23 heavy (non-hydrogen) atoms. The highest BCUT2D eigenvalue weighted by atomic mass is 16.5. The minimum Gasteiger partial charge on any atom is -0.497 e. The molecule has 1 aliphatic heterocycles. The average molecular weight is 315 g/mol. The first-order chi connectivity index (χ1) is 11.2. The number of nitrogens with zero attached hydrogens (tertiary/aromatic N) is 1. The number of hydrogen-bond acceptors (Lipinski definition) is 4. The second-order valence-electron chi connectivity index (χ2n) is 5.65. The first kappa shape index (κ1) is 15.8. The summed E-state index contributed by atoms with van der Waals surface area (Å²) >= 11 is 0. The zero-order valence-electron chi connectivity index (χ0n) is 13.2. The largest absolute Gasteiger partial charge is 0.497 e. The number of carbonyl (C=O) groups is 1. The zero-order valence-corrected chi connectivity index (χ0v) is 13.2. The van der Waals surface area contributed by atoms with E-state index in [4.69, 9.17) is 14.6 Å². The Morgan fingerprint density at radius 1 is 1.30 bits per heavy atom. The van der Waals surface area contributed by atoms with Gasteiger partial charge in [0.15, 0.2) is 0 Å². The molecule has 5 heteroatoms. The summed E-state index contributed by atoms with van der Waals surface area (Å²) in [6.07, 6.45) is 0.0439. The van der Waals surface area contributed by atoms with E-state index in [1.807, 2.05) is 30.3 Å². The van der Waals surface area contributed by atoms with Crippen molar-refractivity contribution in [2.24, 2.45) is 0 Å². The van der Waals surface area contributed by atoms with E-state index >= 15 is 0 Å². The van der Waals surface area contributed by atoms with Gasteiger partial charge < -0.3 is 19.5 Å². The zero-order chi connectivity index (χ0) is 16.2. The topological polar surface area (TPSA) is 59.0 Å². The summed E-state index contributed by atoms with van der Waals surface area (Å²) in [5, 5.41) is 11.1. The van der Waals surface area contributed by atoms with Gasteiger partial charge >= 0.3 is 0 Å². The molecular weight excluding hydrogens is 294 g/mol. The van der Waals surface area contributed by atoms with E-state index in [1.165, 1.54) is 0 Å². The summed E-state index contributed by atoms with van der Waals surface area (Å²) in [4.78, 5) is 13.7. The van der Waals surface area contributed by atoms with Gasteiger partial charge in [-0.25, -0.2) is 0 Å². The molecule has 1 unspecified atom stereocenters. The van der Waals surface area contributed by atoms with E-state index in [0.717, 1.165) is 22.1 Å². The maximum Gasteiger partial charge on any atom is 0.225 e. The second kappa shape index (κ2) is 6.98. The summed E-state index contributed by atoms with van der Waals surface area (Å²) in [7, 11) is 1.66. The standard InChI is InChI=1S/C18H21NO4/c1-22-16-5-4-13-10-15(3-2-14(13)11-16)17-12-19(7-9-23-17)18(21)6-8-20/h2-5,10-11,17,20H,6-9,12H2,1H3. The molecule has 1 heterocycles. The van der Waals surface area contributed by atoms with Crippen LogP contribution >= 0.6 is 0 Å². The van der Waals surface area contributed by atoms with Gasteiger partial charge in [-0.1, -0.05) is 18.2 Å². The van der Waals surface area contributed by atoms with Gasteiger partial charge in [-0.15, -0.1) is 0 Å². The molecule has 5 nitrogen and oxygen atoms in total. The fourth-order valence-corrected chi connectivity index (χ4v) is 2.90. The normalized spacial score (nSPS) is 18.2. The summed E-state index contributed by atoms with van der Waals surface area (Å²) in [5.41, 5.74) is 1.06. The predicted molar refractivity (Wildman–Crippen MR) is 87.5 cm³/mol. The third-order valence-corrected chi connectivity index (χ3v) is 4.19. The number of morpholine rings is 1. The molecule has 0 aliphatic carbocycles. The predicted octanol–water partition coefficient (Wildman–Crippen LogP) is 2.13. The lowest BCUT2D eigenvalue weighted by atomic mass is 10.0. The molecule has 1 fully saturated rings. The fraction of sp³-hybridized carbons (Fsp3) is 0.389. The number of carbonyl (C=O) groups excluding carboxylic acids is 1. The molecule has 1 N–H and O–H groups in total. The molecule has 1 atom stereocenters. The number of methoxy groups -OCH3 is 1. The monoisotopic (exact) mass is 315 g/mol. The second-order valence-corrected chi connectivity index (χ2v) is 5.65. The van der Waals surface area contributed by atoms with Crippen LogP contribution in [0.25, 0.3) is 10.8 Å². The Hall–Kier alpha value is -2.11. The SMILES string of the molecule is COc1ccc2cc(C3CN(C(=O)CCO)CCO3)ccc2c1. The molecule has 122 valence electrons. The lowest BCUT2D eigenvalue weighted by Crippen LogP contribution is -2.42. The summed E-state index contributed by atoms with van der Waals surface area (Å²) in [6, 6.07) is 12.1. The molecule has 1 aliphatic rings. The number of rotatable bonds is 4. The first-order valence-corrected chi connectivity index (χ1v) is 7.79. The molecular formula is C18H21NO4. The number of hydrogen-bond donors (Lipinski definition) is 1. The highest BCUT2D eigenvalue weighted by molar-refractivity contribution is 5.84. The third kappa shape index (κ3) is 3.46. The van der Waals surface area contributed by atoms with Crippen molar-refractivity contribution < 1.29 is 19.4 Å². The van der Waals surface area contributed by atoms with Gasteiger partial charge in [0, 0.05) is 13.0 Å². The van der Waals surface area contributed by atoms with Crippen LogP contribution in [-0.2, 0) is 9.53 Å². The van der Waals surface area contributed by atoms with Crippen LogP contribution in [-0.4, -0.2) is 49.3 Å². The van der Waals surface area contributed by atoms with Gasteiger partial charge in [-0.05, 0) is 34.5 Å². The van der Waals surface area contributed by atoms with Crippen molar-refractivity contribution in [3.8, 4) is 5.75 Å². The Morgan fingerprint density at radius 3 is 2.87 bits per heavy atom. The molecule has 0 spiro atoms. The van der Waals surface area contributed by atoms with Gasteiger partial charge in [0.25, 0.3) is 0 Å². The van der Waals surface area contributed by atoms with Crippen molar-refractivity contribution in [2.45, 2.75) is 12.5 Å². The van der Waals surface area contributed by atoms with Crippen molar-refractivity contribution in [1.29, 1.82) is 0 Å². The number of aliphatic hydroxyl groups is 1. The lowest BCUT2D eigenvalue weighted by Gasteiger charge is -2.33. The molecule has 3 rings (SSSR count). The van der Waals surface area contributed by atoms with E-state index in [2.05, 4.69) is 6.07 Å². The smallest absolute Gasteiger partial charge is 0.225 e. The molecule has 0 radical (unpaired) electrons. The van der Waals surface area contributed by atoms with Crippen molar-refractivity contribution in [3.63, 3.8) is 0 Å². The van der Waals surface area contributed by atoms with Crippen molar-refractivity contribution in [2.75, 3.05) is 33.4 Å². The Labute approximate surface area is 135 Å². The van der Waals surface area contributed by atoms with E-state index in [1.54, 1.807) is 12.0 Å². The highest BCUT2D eigenvalue weighted by Crippen LogP contribution is 2.28. The van der Waals surface area contributed by atoms with Gasteiger partial charge in [-0.2, -0.15) is 0 Å². The Kier molecular flexibility index (Phi) is 4.79. The average Bonchev–Trinajstić information content (AvgIpc) is 2.61. The maximum atomic E-state index is 12.0. The minimum atomic E-state index is -0.127. The highest BCUT2D eigenvalue weighted by Gasteiger charge is 2.25. The molecule has 1 amide bonds.